The molecule has 252 valence electrons. The standard InChI is InChI=1S/C15H7Cl3F3N.C9H4ClF3IN.C6H5BCl2O2/c16-8-1-2-9(11(17)5-8)10-3-7-4-14(15(19,20)21)22-13(7)6-12(10)18;10-5-3-7-4(1-6(5)14)2-8(15-7)9(11,12)13;8-4-1-2-5(7(10)11)6(9)3-4/h1-3,5-6H,4H2;1,3H,2H2;1-3,10-11H. The predicted molar refractivity (Wildman–Crippen MR) is 191 cm³/mol. The number of hydrogen-bond donors (Lipinski definition) is 2. The highest BCUT2D eigenvalue weighted by molar-refractivity contribution is 14.1. The van der Waals surface area contributed by atoms with Gasteiger partial charge in [-0.25, -0.2) is 9.98 Å². The van der Waals surface area contributed by atoms with Crippen molar-refractivity contribution < 1.29 is 36.4 Å². The highest BCUT2D eigenvalue weighted by Crippen LogP contribution is 2.42. The molecule has 0 saturated carbocycles. The zero-order valence-corrected chi connectivity index (χ0v) is 30.2. The van der Waals surface area contributed by atoms with E-state index in [1.165, 1.54) is 24.3 Å². The van der Waals surface area contributed by atoms with Gasteiger partial charge in [-0.1, -0.05) is 81.7 Å². The average Bonchev–Trinajstić information content (AvgIpc) is 3.58. The van der Waals surface area contributed by atoms with Gasteiger partial charge in [0.25, 0.3) is 0 Å². The van der Waals surface area contributed by atoms with Crippen molar-refractivity contribution in [2.45, 2.75) is 25.2 Å². The molecule has 0 amide bonds. The van der Waals surface area contributed by atoms with E-state index in [9.17, 15) is 26.3 Å². The van der Waals surface area contributed by atoms with E-state index >= 15 is 0 Å². The summed E-state index contributed by atoms with van der Waals surface area (Å²) in [5.74, 6) is 0. The van der Waals surface area contributed by atoms with E-state index in [-0.39, 0.29) is 34.0 Å². The first-order valence-electron chi connectivity index (χ1n) is 13.1. The molecule has 4 nitrogen and oxygen atoms in total. The van der Waals surface area contributed by atoms with Crippen LogP contribution in [-0.2, 0) is 12.8 Å². The molecular formula is C30H16BCl6F6IN2O2. The fourth-order valence-electron chi connectivity index (χ4n) is 4.36. The van der Waals surface area contributed by atoms with Gasteiger partial charge in [0, 0.05) is 53.1 Å². The van der Waals surface area contributed by atoms with Crippen LogP contribution in [0.15, 0.2) is 70.6 Å². The summed E-state index contributed by atoms with van der Waals surface area (Å²) in [6.07, 6.45) is -9.22. The monoisotopic (exact) mass is 898 g/mol. The fourth-order valence-corrected chi connectivity index (χ4v) is 6.33. The second-order valence-corrected chi connectivity index (χ2v) is 13.6. The van der Waals surface area contributed by atoms with Gasteiger partial charge in [-0.15, -0.1) is 0 Å². The predicted octanol–water partition coefficient (Wildman–Crippen LogP) is 11.3. The molecule has 2 heterocycles. The second kappa shape index (κ2) is 15.7. The highest BCUT2D eigenvalue weighted by atomic mass is 127. The largest absolute Gasteiger partial charge is 0.489 e. The topological polar surface area (TPSA) is 65.2 Å². The number of fused-ring (bicyclic) bond motifs is 2. The van der Waals surface area contributed by atoms with Crippen molar-refractivity contribution in [2.24, 2.45) is 9.98 Å². The summed E-state index contributed by atoms with van der Waals surface area (Å²) in [6, 6.07) is 15.5. The molecule has 0 spiro atoms. The molecule has 2 aliphatic rings. The van der Waals surface area contributed by atoms with Gasteiger partial charge < -0.3 is 10.0 Å². The van der Waals surface area contributed by atoms with Gasteiger partial charge >= 0.3 is 19.5 Å². The Balaban J connectivity index is 0.000000174. The van der Waals surface area contributed by atoms with Crippen molar-refractivity contribution in [3.63, 3.8) is 0 Å². The average molecular weight is 901 g/mol. The molecule has 0 aromatic heterocycles. The maximum absolute atomic E-state index is 12.8. The maximum atomic E-state index is 12.8. The molecule has 0 aliphatic carbocycles. The minimum absolute atomic E-state index is 0.161. The van der Waals surface area contributed by atoms with Crippen LogP contribution in [0.1, 0.15) is 11.1 Å². The molecule has 4 aromatic carbocycles. The van der Waals surface area contributed by atoms with Crippen molar-refractivity contribution in [3.05, 3.63) is 105 Å². The summed E-state index contributed by atoms with van der Waals surface area (Å²) in [5, 5.41) is 19.7. The van der Waals surface area contributed by atoms with Crippen LogP contribution >= 0.6 is 92.2 Å². The van der Waals surface area contributed by atoms with Crippen LogP contribution in [-0.4, -0.2) is 40.9 Å². The lowest BCUT2D eigenvalue weighted by atomic mass is 9.80. The minimum Gasteiger partial charge on any atom is -0.423 e. The van der Waals surface area contributed by atoms with E-state index in [1.54, 1.807) is 36.4 Å². The Kier molecular flexibility index (Phi) is 12.7. The van der Waals surface area contributed by atoms with E-state index < -0.39 is 30.9 Å². The third-order valence-electron chi connectivity index (χ3n) is 6.63. The van der Waals surface area contributed by atoms with Gasteiger partial charge in [-0.3, -0.25) is 0 Å². The molecule has 2 N–H and O–H groups in total. The number of alkyl halides is 6. The summed E-state index contributed by atoms with van der Waals surface area (Å²) in [5.41, 5.74) is 1.47. The number of nitrogens with zero attached hydrogens (tertiary/aromatic N) is 2. The molecule has 2 aliphatic heterocycles. The lowest BCUT2D eigenvalue weighted by Crippen LogP contribution is -2.30. The molecule has 48 heavy (non-hydrogen) atoms. The number of aliphatic imine (C=N–C) groups is 2. The summed E-state index contributed by atoms with van der Waals surface area (Å²) in [4.78, 5) is 7.14. The van der Waals surface area contributed by atoms with E-state index in [4.69, 9.17) is 79.7 Å². The molecule has 4 aromatic rings. The normalized spacial score (nSPS) is 13.4. The Bertz CT molecular complexity index is 1940. The summed E-state index contributed by atoms with van der Waals surface area (Å²) in [6.45, 7) is 0. The van der Waals surface area contributed by atoms with E-state index in [0.717, 1.165) is 3.57 Å². The lowest BCUT2D eigenvalue weighted by Gasteiger charge is -2.10. The molecular weight excluding hydrogens is 885 g/mol. The van der Waals surface area contributed by atoms with Crippen LogP contribution in [0.4, 0.5) is 37.7 Å². The zero-order valence-electron chi connectivity index (χ0n) is 23.5. The first-order chi connectivity index (χ1) is 22.2. The van der Waals surface area contributed by atoms with Crippen molar-refractivity contribution in [1.29, 1.82) is 0 Å². The Hall–Kier alpha value is -1.75. The third-order valence-corrected chi connectivity index (χ3v) is 9.58. The summed E-state index contributed by atoms with van der Waals surface area (Å²) < 4.78 is 76.1. The smallest absolute Gasteiger partial charge is 0.423 e. The van der Waals surface area contributed by atoms with Gasteiger partial charge in [0.2, 0.25) is 0 Å². The molecule has 0 saturated heterocycles. The molecule has 0 bridgehead atoms. The number of hydrogen-bond acceptors (Lipinski definition) is 4. The maximum Gasteiger partial charge on any atom is 0.489 e. The van der Waals surface area contributed by atoms with Gasteiger partial charge in [0.15, 0.2) is 0 Å². The Morgan fingerprint density at radius 2 is 1.04 bits per heavy atom. The lowest BCUT2D eigenvalue weighted by molar-refractivity contribution is -0.0605. The van der Waals surface area contributed by atoms with E-state index in [0.29, 0.717) is 48.0 Å². The van der Waals surface area contributed by atoms with Gasteiger partial charge in [-0.05, 0) is 82.2 Å². The van der Waals surface area contributed by atoms with Gasteiger partial charge in [0.1, 0.15) is 11.4 Å². The number of benzene rings is 4. The second-order valence-electron chi connectivity index (χ2n) is 9.99. The van der Waals surface area contributed by atoms with Crippen molar-refractivity contribution in [3.8, 4) is 11.1 Å². The minimum atomic E-state index is -4.44. The third kappa shape index (κ3) is 9.73. The Labute approximate surface area is 313 Å². The fraction of sp³-hybridized carbons (Fsp3) is 0.133. The van der Waals surface area contributed by atoms with E-state index in [2.05, 4.69) is 9.98 Å². The molecule has 6 rings (SSSR count). The van der Waals surface area contributed by atoms with Crippen molar-refractivity contribution >= 4 is 128 Å². The number of halogens is 13. The van der Waals surface area contributed by atoms with Crippen LogP contribution in [0.2, 0.25) is 30.1 Å². The molecule has 0 unspecified atom stereocenters. The molecule has 0 fully saturated rings. The molecule has 0 atom stereocenters. The number of rotatable bonds is 2. The SMILES string of the molecule is FC(F)(F)C1=Nc2cc(Cl)c(-c3ccc(Cl)cc3Cl)cc2C1.FC(F)(F)C1=Nc2cc(Cl)c(I)cc2C1.OB(O)c1ccc(Cl)cc1Cl. The van der Waals surface area contributed by atoms with Crippen LogP contribution in [0, 0.1) is 3.57 Å². The van der Waals surface area contributed by atoms with Crippen molar-refractivity contribution in [2.75, 3.05) is 0 Å². The van der Waals surface area contributed by atoms with Crippen LogP contribution in [0.25, 0.3) is 11.1 Å². The quantitative estimate of drug-likeness (QED) is 0.120. The summed E-state index contributed by atoms with van der Waals surface area (Å²) >= 11 is 37.1. The highest BCUT2D eigenvalue weighted by Gasteiger charge is 2.39. The Morgan fingerprint density at radius 1 is 0.583 bits per heavy atom. The first-order valence-corrected chi connectivity index (χ1v) is 16.5. The first kappa shape index (κ1) is 39.0. The van der Waals surface area contributed by atoms with Gasteiger partial charge in [-0.2, -0.15) is 26.3 Å². The molecule has 18 heteroatoms. The molecule has 0 radical (unpaired) electrons. The Morgan fingerprint density at radius 3 is 1.52 bits per heavy atom. The van der Waals surface area contributed by atoms with Crippen LogP contribution < -0.4 is 5.46 Å². The van der Waals surface area contributed by atoms with Crippen LogP contribution in [0.3, 0.4) is 0 Å². The van der Waals surface area contributed by atoms with Gasteiger partial charge in [0.05, 0.1) is 21.4 Å². The van der Waals surface area contributed by atoms with Crippen molar-refractivity contribution in [1.82, 2.24) is 0 Å². The van der Waals surface area contributed by atoms with E-state index in [1.807, 2.05) is 22.6 Å². The summed E-state index contributed by atoms with van der Waals surface area (Å²) in [7, 11) is -1.54. The zero-order chi connectivity index (χ0) is 35.7. The van der Waals surface area contributed by atoms with Crippen LogP contribution in [0.5, 0.6) is 0 Å².